The molecule has 0 bridgehead atoms. The fourth-order valence-electron chi connectivity index (χ4n) is 0.872. The van der Waals surface area contributed by atoms with Gasteiger partial charge in [-0.3, -0.25) is 4.84 Å². The van der Waals surface area contributed by atoms with Crippen molar-refractivity contribution < 1.29 is 13.3 Å². The summed E-state index contributed by atoms with van der Waals surface area (Å²) in [5.74, 6) is 0. The van der Waals surface area contributed by atoms with E-state index in [4.69, 9.17) is 16.4 Å². The van der Waals surface area contributed by atoms with E-state index in [-0.39, 0.29) is 4.90 Å². The van der Waals surface area contributed by atoms with Crippen LogP contribution in [0, 0.1) is 0 Å². The molecule has 0 aromatic heterocycles. The Balaban J connectivity index is 2.94. The molecule has 0 atom stereocenters. The third kappa shape index (κ3) is 4.56. The molecule has 1 N–H and O–H groups in total. The lowest BCUT2D eigenvalue weighted by molar-refractivity contribution is -0.0357. The Kier molecular flexibility index (Phi) is 4.60. The zero-order valence-electron chi connectivity index (χ0n) is 9.62. The topological polar surface area (TPSA) is 55.4 Å². The van der Waals surface area contributed by atoms with Crippen molar-refractivity contribution >= 4 is 37.6 Å². The third-order valence-corrected chi connectivity index (χ3v) is 4.05. The highest BCUT2D eigenvalue weighted by Gasteiger charge is 2.19. The van der Waals surface area contributed by atoms with Crippen LogP contribution in [0.2, 0.25) is 5.02 Å². The average molecular weight is 343 g/mol. The van der Waals surface area contributed by atoms with Gasteiger partial charge in [0.2, 0.25) is 0 Å². The highest BCUT2D eigenvalue weighted by Crippen LogP contribution is 2.25. The molecule has 0 heterocycles. The van der Waals surface area contributed by atoms with E-state index in [0.717, 1.165) is 0 Å². The van der Waals surface area contributed by atoms with Crippen molar-refractivity contribution in [2.24, 2.45) is 0 Å². The van der Waals surface area contributed by atoms with Crippen LogP contribution >= 0.6 is 27.5 Å². The van der Waals surface area contributed by atoms with Crippen LogP contribution in [-0.2, 0) is 14.9 Å². The Morgan fingerprint density at radius 1 is 1.35 bits per heavy atom. The van der Waals surface area contributed by atoms with Gasteiger partial charge in [0.15, 0.2) is 0 Å². The number of nitrogens with one attached hydrogen (secondary N) is 1. The number of halogens is 2. The van der Waals surface area contributed by atoms with E-state index >= 15 is 0 Å². The van der Waals surface area contributed by atoms with Crippen molar-refractivity contribution in [2.45, 2.75) is 31.3 Å². The molecule has 0 unspecified atom stereocenters. The van der Waals surface area contributed by atoms with Crippen LogP contribution in [0.4, 0.5) is 0 Å². The first-order chi connectivity index (χ1) is 7.62. The van der Waals surface area contributed by atoms with E-state index in [9.17, 15) is 8.42 Å². The third-order valence-electron chi connectivity index (χ3n) is 1.66. The zero-order chi connectivity index (χ0) is 13.3. The maximum Gasteiger partial charge on any atom is 0.262 e. The van der Waals surface area contributed by atoms with Gasteiger partial charge in [0.1, 0.15) is 0 Å². The molecule has 1 aromatic rings. The van der Waals surface area contributed by atoms with Crippen LogP contribution < -0.4 is 4.89 Å². The summed E-state index contributed by atoms with van der Waals surface area (Å²) in [4.78, 5) is 7.18. The van der Waals surface area contributed by atoms with Crippen molar-refractivity contribution in [2.75, 3.05) is 0 Å². The second-order valence-corrected chi connectivity index (χ2v) is 7.28. The lowest BCUT2D eigenvalue weighted by Gasteiger charge is -2.19. The monoisotopic (exact) mass is 341 g/mol. The van der Waals surface area contributed by atoms with Gasteiger partial charge in [0.25, 0.3) is 10.0 Å². The largest absolute Gasteiger partial charge is 0.281 e. The maximum absolute atomic E-state index is 11.8. The van der Waals surface area contributed by atoms with Crippen molar-refractivity contribution in [3.63, 3.8) is 0 Å². The smallest absolute Gasteiger partial charge is 0.262 e. The normalized spacial score (nSPS) is 12.8. The first-order valence-electron chi connectivity index (χ1n) is 4.77. The summed E-state index contributed by atoms with van der Waals surface area (Å²) in [5.41, 5.74) is -0.600. The van der Waals surface area contributed by atoms with Crippen LogP contribution in [0.3, 0.4) is 0 Å². The van der Waals surface area contributed by atoms with Gasteiger partial charge in [-0.15, -0.1) is 0 Å². The Labute approximate surface area is 114 Å². The first-order valence-corrected chi connectivity index (χ1v) is 7.42. The quantitative estimate of drug-likeness (QED) is 0.859. The van der Waals surface area contributed by atoms with E-state index in [0.29, 0.717) is 9.50 Å². The Hall–Kier alpha value is -0.140. The molecule has 0 spiro atoms. The summed E-state index contributed by atoms with van der Waals surface area (Å²) in [7, 11) is -3.69. The second kappa shape index (κ2) is 5.24. The summed E-state index contributed by atoms with van der Waals surface area (Å²) in [6.07, 6.45) is 0. The summed E-state index contributed by atoms with van der Waals surface area (Å²) in [5, 5.41) is 0.445. The average Bonchev–Trinajstić information content (AvgIpc) is 2.18. The van der Waals surface area contributed by atoms with Gasteiger partial charge in [-0.25, -0.2) is 8.42 Å². The predicted molar refractivity (Wildman–Crippen MR) is 70.3 cm³/mol. The number of sulfonamides is 1. The molecule has 0 aliphatic heterocycles. The standard InChI is InChI=1S/C10H13BrClNO3S/c1-10(2,3)16-13-17(14,15)7-4-5-9(12)8(11)6-7/h4-6,13H,1-3H3. The predicted octanol–water partition coefficient (Wildman–Crippen LogP) is 3.11. The van der Waals surface area contributed by atoms with Gasteiger partial charge in [0, 0.05) is 4.47 Å². The molecular formula is C10H13BrClNO3S. The Morgan fingerprint density at radius 3 is 2.41 bits per heavy atom. The van der Waals surface area contributed by atoms with E-state index in [1.54, 1.807) is 20.8 Å². The van der Waals surface area contributed by atoms with Gasteiger partial charge in [-0.1, -0.05) is 16.5 Å². The minimum absolute atomic E-state index is 0.0815. The summed E-state index contributed by atoms with van der Waals surface area (Å²) < 4.78 is 24.2. The SMILES string of the molecule is CC(C)(C)ONS(=O)(=O)c1ccc(Cl)c(Br)c1. The summed E-state index contributed by atoms with van der Waals surface area (Å²) in [6.45, 7) is 5.23. The molecule has 17 heavy (non-hydrogen) atoms. The molecule has 0 amide bonds. The Bertz CT molecular complexity index is 511. The van der Waals surface area contributed by atoms with Crippen molar-refractivity contribution in [3.8, 4) is 0 Å². The van der Waals surface area contributed by atoms with Crippen molar-refractivity contribution in [1.82, 2.24) is 4.89 Å². The van der Waals surface area contributed by atoms with Crippen LogP contribution in [0.25, 0.3) is 0 Å². The van der Waals surface area contributed by atoms with Crippen molar-refractivity contribution in [3.05, 3.63) is 27.7 Å². The summed E-state index contributed by atoms with van der Waals surface area (Å²) in [6, 6.07) is 4.31. The summed E-state index contributed by atoms with van der Waals surface area (Å²) >= 11 is 8.95. The van der Waals surface area contributed by atoms with Gasteiger partial charge in [-0.2, -0.15) is 0 Å². The molecule has 0 aliphatic rings. The van der Waals surface area contributed by atoms with Crippen LogP contribution in [-0.4, -0.2) is 14.0 Å². The molecule has 1 rings (SSSR count). The lowest BCUT2D eigenvalue weighted by Crippen LogP contribution is -2.33. The molecule has 0 fully saturated rings. The molecule has 0 radical (unpaired) electrons. The maximum atomic E-state index is 11.8. The van der Waals surface area contributed by atoms with E-state index in [1.807, 2.05) is 0 Å². The highest BCUT2D eigenvalue weighted by molar-refractivity contribution is 9.10. The van der Waals surface area contributed by atoms with E-state index in [1.165, 1.54) is 18.2 Å². The van der Waals surface area contributed by atoms with Gasteiger partial charge in [0.05, 0.1) is 15.5 Å². The molecule has 96 valence electrons. The molecule has 0 saturated heterocycles. The van der Waals surface area contributed by atoms with E-state index < -0.39 is 15.6 Å². The highest BCUT2D eigenvalue weighted by atomic mass is 79.9. The number of hydrogen-bond donors (Lipinski definition) is 1. The van der Waals surface area contributed by atoms with Crippen LogP contribution in [0.1, 0.15) is 20.8 Å². The van der Waals surface area contributed by atoms with E-state index in [2.05, 4.69) is 20.8 Å². The molecule has 4 nitrogen and oxygen atoms in total. The first kappa shape index (κ1) is 14.9. The number of benzene rings is 1. The number of hydrogen-bond acceptors (Lipinski definition) is 3. The van der Waals surface area contributed by atoms with Gasteiger partial charge in [-0.05, 0) is 54.9 Å². The lowest BCUT2D eigenvalue weighted by atomic mass is 10.2. The minimum Gasteiger partial charge on any atom is -0.281 e. The molecule has 1 aromatic carbocycles. The Morgan fingerprint density at radius 2 is 1.94 bits per heavy atom. The molecule has 0 aliphatic carbocycles. The minimum atomic E-state index is -3.69. The molecular weight excluding hydrogens is 330 g/mol. The molecule has 0 saturated carbocycles. The fourth-order valence-corrected chi connectivity index (χ4v) is 2.50. The molecule has 7 heteroatoms. The van der Waals surface area contributed by atoms with Crippen LogP contribution in [0.5, 0.6) is 0 Å². The zero-order valence-corrected chi connectivity index (χ0v) is 12.8. The van der Waals surface area contributed by atoms with Crippen LogP contribution in [0.15, 0.2) is 27.6 Å². The van der Waals surface area contributed by atoms with Crippen molar-refractivity contribution in [1.29, 1.82) is 0 Å². The number of rotatable bonds is 3. The van der Waals surface area contributed by atoms with Gasteiger partial charge < -0.3 is 0 Å². The van der Waals surface area contributed by atoms with Gasteiger partial charge >= 0.3 is 0 Å². The fraction of sp³-hybridized carbons (Fsp3) is 0.400. The second-order valence-electron chi connectivity index (χ2n) is 4.38.